The molecule has 1 aliphatic rings. The lowest BCUT2D eigenvalue weighted by molar-refractivity contribution is 0.359. The summed E-state index contributed by atoms with van der Waals surface area (Å²) in [5.41, 5.74) is 0. The van der Waals surface area contributed by atoms with Crippen LogP contribution in [-0.2, 0) is 4.52 Å². The van der Waals surface area contributed by atoms with E-state index in [2.05, 4.69) is 5.80 Å². The quantitative estimate of drug-likeness (QED) is 0.421. The van der Waals surface area contributed by atoms with Crippen molar-refractivity contribution in [1.82, 2.24) is 0 Å². The third-order valence-corrected chi connectivity index (χ3v) is 1.46. The summed E-state index contributed by atoms with van der Waals surface area (Å²) in [6, 6.07) is 0. The molecule has 0 bridgehead atoms. The molecular weight excluding hydrogens is 95.0 g/mol. The molecular formula is C4H7OP. The van der Waals surface area contributed by atoms with Crippen LogP contribution in [0, 0.1) is 0 Å². The molecule has 0 radical (unpaired) electrons. The Labute approximate surface area is 39.2 Å². The van der Waals surface area contributed by atoms with E-state index in [1.54, 1.807) is 0 Å². The summed E-state index contributed by atoms with van der Waals surface area (Å²) in [6.45, 7) is 0.956. The molecule has 1 heterocycles. The number of hydrogen-bond acceptors (Lipinski definition) is 1. The van der Waals surface area contributed by atoms with E-state index < -0.39 is 0 Å². The van der Waals surface area contributed by atoms with Crippen molar-refractivity contribution in [2.75, 3.05) is 6.61 Å². The van der Waals surface area contributed by atoms with Crippen molar-refractivity contribution < 1.29 is 4.52 Å². The fourth-order valence-electron chi connectivity index (χ4n) is 0.397. The Morgan fingerprint density at radius 3 is 2.83 bits per heavy atom. The predicted octanol–water partition coefficient (Wildman–Crippen LogP) is 1.46. The standard InChI is InChI=1S/C4H7OP/c1-2-4-6-5-3-1/h4H,1-3H2. The first-order valence-electron chi connectivity index (χ1n) is 2.14. The molecule has 0 fully saturated rings. The first-order valence-corrected chi connectivity index (χ1v) is 3.02. The van der Waals surface area contributed by atoms with E-state index in [1.807, 2.05) is 0 Å². The summed E-state index contributed by atoms with van der Waals surface area (Å²) >= 11 is 0. The van der Waals surface area contributed by atoms with Crippen LogP contribution in [0.1, 0.15) is 12.8 Å². The van der Waals surface area contributed by atoms with Crippen LogP contribution >= 0.6 is 8.43 Å². The summed E-state index contributed by atoms with van der Waals surface area (Å²) in [5, 5.41) is 0. The van der Waals surface area contributed by atoms with Gasteiger partial charge in [0.25, 0.3) is 0 Å². The van der Waals surface area contributed by atoms with Gasteiger partial charge in [-0.3, -0.25) is 0 Å². The molecule has 0 N–H and O–H groups in total. The van der Waals surface area contributed by atoms with E-state index in [-0.39, 0.29) is 0 Å². The molecule has 0 unspecified atom stereocenters. The molecule has 6 heavy (non-hydrogen) atoms. The zero-order valence-corrected chi connectivity index (χ0v) is 4.45. The van der Waals surface area contributed by atoms with Crippen molar-refractivity contribution in [3.8, 4) is 0 Å². The number of hydrogen-bond donors (Lipinski definition) is 0. The summed E-state index contributed by atoms with van der Waals surface area (Å²) in [6.07, 6.45) is 2.45. The Morgan fingerprint density at radius 1 is 1.67 bits per heavy atom. The van der Waals surface area contributed by atoms with Crippen LogP contribution in [0.2, 0.25) is 0 Å². The molecule has 1 nitrogen and oxygen atoms in total. The Hall–Kier alpha value is 0.130. The van der Waals surface area contributed by atoms with Crippen molar-refractivity contribution in [3.63, 3.8) is 0 Å². The summed E-state index contributed by atoms with van der Waals surface area (Å²) in [4.78, 5) is 0. The van der Waals surface area contributed by atoms with Gasteiger partial charge in [-0.15, -0.1) is 0 Å². The van der Waals surface area contributed by atoms with E-state index in [4.69, 9.17) is 4.52 Å². The second-order valence-electron chi connectivity index (χ2n) is 1.26. The van der Waals surface area contributed by atoms with Gasteiger partial charge in [-0.25, -0.2) is 0 Å². The third kappa shape index (κ3) is 1.08. The number of rotatable bonds is 0. The summed E-state index contributed by atoms with van der Waals surface area (Å²) in [5.74, 6) is 2.14. The Bertz CT molecular complexity index is 52.6. The van der Waals surface area contributed by atoms with Crippen LogP contribution in [0.25, 0.3) is 0 Å². The zero-order chi connectivity index (χ0) is 4.24. The van der Waals surface area contributed by atoms with Gasteiger partial charge in [-0.05, 0) is 18.6 Å². The molecule has 1 aliphatic heterocycles. The lowest BCUT2D eigenvalue weighted by Gasteiger charge is -1.98. The predicted molar refractivity (Wildman–Crippen MR) is 28.2 cm³/mol. The smallest absolute Gasteiger partial charge is 0.0577 e. The lowest BCUT2D eigenvalue weighted by Crippen LogP contribution is -1.88. The minimum Gasteiger partial charge on any atom is -0.327 e. The summed E-state index contributed by atoms with van der Waals surface area (Å²) < 4.78 is 4.99. The van der Waals surface area contributed by atoms with Crippen molar-refractivity contribution in [1.29, 1.82) is 0 Å². The maximum Gasteiger partial charge on any atom is 0.0577 e. The van der Waals surface area contributed by atoms with Crippen molar-refractivity contribution in [3.05, 3.63) is 0 Å². The molecule has 0 atom stereocenters. The molecule has 0 aromatic rings. The molecule has 2 heteroatoms. The average Bonchev–Trinajstić information content (AvgIpc) is 1.72. The van der Waals surface area contributed by atoms with Crippen molar-refractivity contribution in [2.24, 2.45) is 0 Å². The minimum absolute atomic E-state index is 0.956. The van der Waals surface area contributed by atoms with Crippen molar-refractivity contribution in [2.45, 2.75) is 12.8 Å². The van der Waals surface area contributed by atoms with Crippen LogP contribution in [0.15, 0.2) is 0 Å². The van der Waals surface area contributed by atoms with E-state index in [0.717, 1.165) is 15.0 Å². The average molecular weight is 102 g/mol. The highest BCUT2D eigenvalue weighted by Crippen LogP contribution is 2.06. The molecule has 0 aromatic heterocycles. The van der Waals surface area contributed by atoms with Crippen LogP contribution in [0.4, 0.5) is 0 Å². The third-order valence-electron chi connectivity index (χ3n) is 0.718. The monoisotopic (exact) mass is 102 g/mol. The second-order valence-corrected chi connectivity index (χ2v) is 2.10. The van der Waals surface area contributed by atoms with Gasteiger partial charge in [-0.1, -0.05) is 0 Å². The van der Waals surface area contributed by atoms with Gasteiger partial charge in [0, 0.05) is 0 Å². The highest BCUT2D eigenvalue weighted by molar-refractivity contribution is 7.33. The molecule has 1 rings (SSSR count). The van der Waals surface area contributed by atoms with Gasteiger partial charge in [0.2, 0.25) is 0 Å². The Morgan fingerprint density at radius 2 is 2.67 bits per heavy atom. The Balaban J connectivity index is 2.26. The van der Waals surface area contributed by atoms with Crippen molar-refractivity contribution >= 4 is 14.2 Å². The minimum atomic E-state index is 0.956. The van der Waals surface area contributed by atoms with Gasteiger partial charge >= 0.3 is 0 Å². The van der Waals surface area contributed by atoms with E-state index in [9.17, 15) is 0 Å². The maximum absolute atomic E-state index is 4.99. The van der Waals surface area contributed by atoms with Gasteiger partial charge < -0.3 is 4.52 Å². The molecule has 0 spiro atoms. The van der Waals surface area contributed by atoms with E-state index in [0.29, 0.717) is 0 Å². The Kier molecular flexibility index (Phi) is 1.67. The highest BCUT2D eigenvalue weighted by Gasteiger charge is 1.87. The molecule has 0 aliphatic carbocycles. The lowest BCUT2D eigenvalue weighted by atomic mass is 10.4. The molecule has 0 saturated carbocycles. The normalized spacial score (nSPS) is 24.0. The maximum atomic E-state index is 4.99. The first kappa shape index (κ1) is 4.29. The molecule has 0 amide bonds. The largest absolute Gasteiger partial charge is 0.327 e. The van der Waals surface area contributed by atoms with E-state index >= 15 is 0 Å². The van der Waals surface area contributed by atoms with Crippen LogP contribution in [-0.4, -0.2) is 12.4 Å². The molecule has 34 valence electrons. The SMILES string of the molecule is C1=POCCC1. The van der Waals surface area contributed by atoms with Gasteiger partial charge in [0.1, 0.15) is 0 Å². The zero-order valence-electron chi connectivity index (χ0n) is 3.55. The van der Waals surface area contributed by atoms with Gasteiger partial charge in [0.15, 0.2) is 0 Å². The van der Waals surface area contributed by atoms with Gasteiger partial charge in [-0.2, -0.15) is 0 Å². The second kappa shape index (κ2) is 2.33. The van der Waals surface area contributed by atoms with E-state index in [1.165, 1.54) is 12.8 Å². The van der Waals surface area contributed by atoms with Gasteiger partial charge in [0.05, 0.1) is 15.0 Å². The van der Waals surface area contributed by atoms with Crippen LogP contribution < -0.4 is 0 Å². The highest BCUT2D eigenvalue weighted by atomic mass is 31.1. The first-order chi connectivity index (χ1) is 3.00. The summed E-state index contributed by atoms with van der Waals surface area (Å²) in [7, 11) is 1.07. The molecule has 0 saturated heterocycles. The topological polar surface area (TPSA) is 9.23 Å². The fourth-order valence-corrected chi connectivity index (χ4v) is 1.03. The van der Waals surface area contributed by atoms with Crippen LogP contribution in [0.5, 0.6) is 0 Å². The fraction of sp³-hybridized carbons (Fsp3) is 0.750. The molecule has 0 aromatic carbocycles. The van der Waals surface area contributed by atoms with Crippen LogP contribution in [0.3, 0.4) is 0 Å².